The van der Waals surface area contributed by atoms with E-state index < -0.39 is 43.3 Å². The molecule has 4 N–H and O–H groups in total. The lowest BCUT2D eigenvalue weighted by Crippen LogP contribution is -2.51. The van der Waals surface area contributed by atoms with Crippen molar-refractivity contribution in [3.8, 4) is 0 Å². The Balaban J connectivity index is 0.000000584. The van der Waals surface area contributed by atoms with Crippen molar-refractivity contribution in [3.63, 3.8) is 0 Å². The molecule has 1 heterocycles. The fraction of sp³-hybridized carbons (Fsp3) is 0.750. The molecule has 0 aromatic rings. The van der Waals surface area contributed by atoms with Crippen LogP contribution in [-0.2, 0) is 14.4 Å². The van der Waals surface area contributed by atoms with Gasteiger partial charge in [0, 0.05) is 43.4 Å². The number of hydrogen-bond donors (Lipinski definition) is 4. The van der Waals surface area contributed by atoms with Crippen LogP contribution < -0.4 is 0 Å². The number of nitrogens with zero attached hydrogens (tertiary/aromatic N) is 3. The molecule has 0 aromatic carbocycles. The van der Waals surface area contributed by atoms with Crippen molar-refractivity contribution in [1.82, 2.24) is 14.7 Å². The van der Waals surface area contributed by atoms with E-state index in [1.165, 1.54) is 4.90 Å². The van der Waals surface area contributed by atoms with Crippen molar-refractivity contribution in [3.05, 3.63) is 0 Å². The first-order valence-corrected chi connectivity index (χ1v) is 8.36. The van der Waals surface area contributed by atoms with Gasteiger partial charge in [-0.2, -0.15) is 0 Å². The summed E-state index contributed by atoms with van der Waals surface area (Å²) in [5.74, 6) is -5.02. The zero-order chi connectivity index (χ0) is 23.7. The summed E-state index contributed by atoms with van der Waals surface area (Å²) in [7, 11) is 0. The van der Waals surface area contributed by atoms with E-state index in [1.54, 1.807) is 9.80 Å². The summed E-state index contributed by atoms with van der Waals surface area (Å²) < 4.78 is 21.9. The van der Waals surface area contributed by atoms with Crippen molar-refractivity contribution in [2.45, 2.75) is 32.3 Å². The van der Waals surface area contributed by atoms with Crippen molar-refractivity contribution < 1.29 is 43.7 Å². The van der Waals surface area contributed by atoms with Gasteiger partial charge in [-0.1, -0.05) is 0 Å². The summed E-state index contributed by atoms with van der Waals surface area (Å²) in [5.41, 5.74) is -2.74. The second-order valence-corrected chi connectivity index (χ2v) is 5.91. The van der Waals surface area contributed by atoms with Gasteiger partial charge >= 0.3 is 23.9 Å². The first kappa shape index (κ1) is 19.4. The van der Waals surface area contributed by atoms with Crippen molar-refractivity contribution in [2.75, 3.05) is 46.2 Å². The normalized spacial score (nSPS) is 16.9. The Kier molecular flexibility index (Phi) is 8.13. The second-order valence-electron chi connectivity index (χ2n) is 5.91. The van der Waals surface area contributed by atoms with Crippen LogP contribution in [-0.4, -0.2) is 111 Å². The summed E-state index contributed by atoms with van der Waals surface area (Å²) in [6.07, 6.45) is -2.29. The highest BCUT2D eigenvalue weighted by molar-refractivity contribution is 5.88. The van der Waals surface area contributed by atoms with Gasteiger partial charge in [-0.05, 0) is 20.8 Å². The van der Waals surface area contributed by atoms with Crippen molar-refractivity contribution >= 4 is 23.9 Å². The van der Waals surface area contributed by atoms with Gasteiger partial charge in [0.15, 0.2) is 5.60 Å². The molecule has 1 rings (SSSR count). The topological polar surface area (TPSA) is 159 Å². The van der Waals surface area contributed by atoms with Crippen LogP contribution in [0.15, 0.2) is 0 Å². The number of aliphatic carboxylic acids is 3. The maximum absolute atomic E-state index is 12.0. The fourth-order valence-corrected chi connectivity index (χ4v) is 2.31. The van der Waals surface area contributed by atoms with Crippen LogP contribution >= 0.6 is 0 Å². The van der Waals surface area contributed by atoms with Crippen LogP contribution in [0.1, 0.15) is 30.8 Å². The number of carboxylic acids is 3. The zero-order valence-corrected chi connectivity index (χ0v) is 15.4. The largest absolute Gasteiger partial charge is 0.481 e. The molecule has 0 radical (unpaired) electrons. The smallest absolute Gasteiger partial charge is 0.336 e. The Morgan fingerprint density at radius 3 is 1.70 bits per heavy atom. The number of aliphatic hydroxyl groups is 1. The molecule has 1 aliphatic rings. The highest BCUT2D eigenvalue weighted by Gasteiger charge is 2.40. The molecular weight excluding hydrogens is 362 g/mol. The lowest BCUT2D eigenvalue weighted by atomic mass is 9.96. The predicted molar refractivity (Wildman–Crippen MR) is 94.5 cm³/mol. The number of piperazine rings is 1. The van der Waals surface area contributed by atoms with Gasteiger partial charge in [0.2, 0.25) is 0 Å². The number of carbonyl (C=O) groups excluding carboxylic acids is 1. The molecule has 0 spiro atoms. The molecule has 0 aromatic heterocycles. The van der Waals surface area contributed by atoms with Gasteiger partial charge in [0.1, 0.15) is 0 Å². The SMILES string of the molecule is O=C(O)CC(O)(CC(=O)O)C(=O)O.[2H]C([2H])([2H])N1CCN(C(=O)N(CC)CC)CC1. The number of rotatable bonds is 7. The third-order valence-electron chi connectivity index (χ3n) is 3.87. The van der Waals surface area contributed by atoms with Gasteiger partial charge in [0.25, 0.3) is 0 Å². The Hall–Kier alpha value is -2.40. The van der Waals surface area contributed by atoms with Crippen LogP contribution in [0.4, 0.5) is 4.79 Å². The van der Waals surface area contributed by atoms with Gasteiger partial charge < -0.3 is 35.1 Å². The van der Waals surface area contributed by atoms with E-state index in [-0.39, 0.29) is 6.03 Å². The quantitative estimate of drug-likeness (QED) is 0.444. The number of amides is 2. The van der Waals surface area contributed by atoms with E-state index >= 15 is 0 Å². The second kappa shape index (κ2) is 11.3. The molecule has 11 nitrogen and oxygen atoms in total. The monoisotopic (exact) mass is 394 g/mol. The Labute approximate surface area is 162 Å². The average molecular weight is 394 g/mol. The minimum Gasteiger partial charge on any atom is -0.481 e. The summed E-state index contributed by atoms with van der Waals surface area (Å²) in [6.45, 7) is 5.06. The summed E-state index contributed by atoms with van der Waals surface area (Å²) in [5, 5.41) is 33.8. The number of carbonyl (C=O) groups is 4. The lowest BCUT2D eigenvalue weighted by Gasteiger charge is -2.35. The maximum Gasteiger partial charge on any atom is 0.336 e. The minimum atomic E-state index is -2.74. The summed E-state index contributed by atoms with van der Waals surface area (Å²) >= 11 is 0. The summed E-state index contributed by atoms with van der Waals surface area (Å²) in [6, 6.07) is 0.0141. The molecule has 0 bridgehead atoms. The van der Waals surface area contributed by atoms with Crippen LogP contribution in [0.25, 0.3) is 0 Å². The maximum atomic E-state index is 12.0. The first-order chi connectivity index (χ1) is 13.7. The van der Waals surface area contributed by atoms with E-state index in [4.69, 9.17) is 24.5 Å². The molecular formula is C16H29N3O8. The van der Waals surface area contributed by atoms with Gasteiger partial charge in [-0.3, -0.25) is 9.59 Å². The van der Waals surface area contributed by atoms with Crippen LogP contribution in [0, 0.1) is 0 Å². The first-order valence-electron chi connectivity index (χ1n) is 9.86. The van der Waals surface area contributed by atoms with Crippen LogP contribution in [0.3, 0.4) is 0 Å². The fourth-order valence-electron chi connectivity index (χ4n) is 2.31. The Bertz CT molecular complexity index is 601. The molecule has 1 aliphatic heterocycles. The molecule has 156 valence electrons. The van der Waals surface area contributed by atoms with Crippen molar-refractivity contribution in [2.24, 2.45) is 0 Å². The molecule has 0 unspecified atom stereocenters. The molecule has 1 fully saturated rings. The molecule has 1 saturated heterocycles. The van der Waals surface area contributed by atoms with Gasteiger partial charge in [-0.25, -0.2) is 9.59 Å². The number of hydrogen-bond acceptors (Lipinski definition) is 6. The Morgan fingerprint density at radius 2 is 1.41 bits per heavy atom. The van der Waals surface area contributed by atoms with Crippen LogP contribution in [0.2, 0.25) is 0 Å². The lowest BCUT2D eigenvalue weighted by molar-refractivity contribution is -0.170. The van der Waals surface area contributed by atoms with E-state index in [0.717, 1.165) is 0 Å². The molecule has 0 atom stereocenters. The van der Waals surface area contributed by atoms with E-state index in [1.807, 2.05) is 13.8 Å². The number of urea groups is 1. The highest BCUT2D eigenvalue weighted by Crippen LogP contribution is 2.15. The molecule has 11 heteroatoms. The molecule has 2 amide bonds. The van der Waals surface area contributed by atoms with Gasteiger partial charge in [0.05, 0.1) is 12.8 Å². The number of likely N-dealkylation sites (N-methyl/N-ethyl adjacent to an activating group) is 1. The van der Waals surface area contributed by atoms with E-state index in [0.29, 0.717) is 39.3 Å². The summed E-state index contributed by atoms with van der Waals surface area (Å²) in [4.78, 5) is 47.4. The predicted octanol–water partition coefficient (Wildman–Crippen LogP) is -0.553. The Morgan fingerprint density at radius 1 is 0.963 bits per heavy atom. The van der Waals surface area contributed by atoms with Crippen molar-refractivity contribution in [1.29, 1.82) is 0 Å². The molecule has 0 aliphatic carbocycles. The van der Waals surface area contributed by atoms with Gasteiger partial charge in [-0.15, -0.1) is 0 Å². The molecule has 0 saturated carbocycles. The van der Waals surface area contributed by atoms with E-state index in [2.05, 4.69) is 0 Å². The van der Waals surface area contributed by atoms with E-state index in [9.17, 15) is 19.2 Å². The third kappa shape index (κ3) is 8.69. The average Bonchev–Trinajstić information content (AvgIpc) is 2.61. The minimum absolute atomic E-state index is 0.0141. The zero-order valence-electron chi connectivity index (χ0n) is 18.4. The van der Waals surface area contributed by atoms with Crippen LogP contribution in [0.5, 0.6) is 0 Å². The number of carboxylic acid groups (broad SMARTS) is 3. The highest BCUT2D eigenvalue weighted by atomic mass is 16.4. The third-order valence-corrected chi connectivity index (χ3v) is 3.87. The standard InChI is InChI=1S/C10H21N3O.C6H8O7/c1-4-12(5-2)10(14)13-8-6-11(3)7-9-13;7-3(8)1-6(13,5(11)12)2-4(9)10/h4-9H2,1-3H3;13H,1-2H2,(H,7,8)(H,9,10)(H,11,12)/i3D3;. The molecule has 27 heavy (non-hydrogen) atoms.